The number of likely N-dealkylation sites (tertiary alicyclic amines) is 1. The second-order valence-electron chi connectivity index (χ2n) is 4.51. The fraction of sp³-hybridized carbons (Fsp3) is 0.917. The van der Waals surface area contributed by atoms with Gasteiger partial charge in [0.1, 0.15) is 6.10 Å². The third-order valence-corrected chi connectivity index (χ3v) is 3.22. The Morgan fingerprint density at radius 1 is 1.35 bits per heavy atom. The molecule has 1 aliphatic rings. The molecule has 0 aromatic carbocycles. The van der Waals surface area contributed by atoms with Gasteiger partial charge in [0.05, 0.1) is 0 Å². The smallest absolute Gasteiger partial charge is 0.250 e. The number of nitrogens with zero attached hydrogens (tertiary/aromatic N) is 1. The topological polar surface area (TPSA) is 67.6 Å². The highest BCUT2D eigenvalue weighted by Crippen LogP contribution is 2.08. The first-order valence-corrected chi connectivity index (χ1v) is 6.51. The molecule has 0 spiro atoms. The van der Waals surface area contributed by atoms with Crippen LogP contribution in [0.2, 0.25) is 0 Å². The van der Waals surface area contributed by atoms with Crippen LogP contribution >= 0.6 is 0 Å². The van der Waals surface area contributed by atoms with Crippen molar-refractivity contribution in [3.05, 3.63) is 0 Å². The van der Waals surface area contributed by atoms with Gasteiger partial charge in [-0.25, -0.2) is 0 Å². The second-order valence-corrected chi connectivity index (χ2v) is 4.51. The van der Waals surface area contributed by atoms with Crippen LogP contribution in [0.3, 0.4) is 0 Å². The molecule has 0 aromatic heterocycles. The van der Waals surface area contributed by atoms with Crippen LogP contribution in [0.1, 0.15) is 25.7 Å². The zero-order chi connectivity index (χ0) is 12.5. The summed E-state index contributed by atoms with van der Waals surface area (Å²) < 4.78 is 4.97. The van der Waals surface area contributed by atoms with Crippen LogP contribution < -0.4 is 11.1 Å². The van der Waals surface area contributed by atoms with E-state index < -0.39 is 6.10 Å². The van der Waals surface area contributed by atoms with Gasteiger partial charge in [-0.3, -0.25) is 4.79 Å². The highest BCUT2D eigenvalue weighted by molar-refractivity contribution is 5.80. The quantitative estimate of drug-likeness (QED) is 0.686. The van der Waals surface area contributed by atoms with Gasteiger partial charge in [-0.05, 0) is 25.9 Å². The molecule has 17 heavy (non-hydrogen) atoms. The number of hydrogen-bond acceptors (Lipinski definition) is 4. The summed E-state index contributed by atoms with van der Waals surface area (Å²) in [5.41, 5.74) is 5.42. The predicted octanol–water partition coefficient (Wildman–Crippen LogP) is -0.0477. The van der Waals surface area contributed by atoms with Gasteiger partial charge in [-0.2, -0.15) is 0 Å². The predicted molar refractivity (Wildman–Crippen MR) is 67.8 cm³/mol. The molecule has 1 heterocycles. The summed E-state index contributed by atoms with van der Waals surface area (Å²) in [4.78, 5) is 14.0. The summed E-state index contributed by atoms with van der Waals surface area (Å²) in [6.45, 7) is 4.14. The SMILES string of the molecule is COC(CN)C(=O)NCCN1CCCCCC1. The number of amides is 1. The summed E-state index contributed by atoms with van der Waals surface area (Å²) >= 11 is 0. The van der Waals surface area contributed by atoms with Gasteiger partial charge < -0.3 is 20.7 Å². The van der Waals surface area contributed by atoms with E-state index in [1.165, 1.54) is 32.8 Å². The Bertz CT molecular complexity index is 212. The maximum atomic E-state index is 11.6. The molecule has 0 aromatic rings. The Kier molecular flexibility index (Phi) is 7.16. The van der Waals surface area contributed by atoms with Gasteiger partial charge >= 0.3 is 0 Å². The molecule has 1 fully saturated rings. The maximum absolute atomic E-state index is 11.6. The van der Waals surface area contributed by atoms with E-state index >= 15 is 0 Å². The summed E-state index contributed by atoms with van der Waals surface area (Å²) in [6, 6.07) is 0. The van der Waals surface area contributed by atoms with Crippen LogP contribution in [0.25, 0.3) is 0 Å². The summed E-state index contributed by atoms with van der Waals surface area (Å²) in [7, 11) is 1.51. The van der Waals surface area contributed by atoms with Crippen molar-refractivity contribution < 1.29 is 9.53 Å². The normalized spacial score (nSPS) is 19.6. The molecule has 1 atom stereocenters. The van der Waals surface area contributed by atoms with E-state index in [9.17, 15) is 4.79 Å². The lowest BCUT2D eigenvalue weighted by Crippen LogP contribution is -2.43. The molecule has 1 unspecified atom stereocenters. The average Bonchev–Trinajstić information content (AvgIpc) is 2.59. The van der Waals surface area contributed by atoms with Gasteiger partial charge in [0.2, 0.25) is 5.91 Å². The largest absolute Gasteiger partial charge is 0.370 e. The minimum Gasteiger partial charge on any atom is -0.370 e. The van der Waals surface area contributed by atoms with Crippen molar-refractivity contribution in [1.29, 1.82) is 0 Å². The number of rotatable bonds is 6. The Morgan fingerprint density at radius 3 is 2.53 bits per heavy atom. The first kappa shape index (κ1) is 14.4. The molecule has 0 radical (unpaired) electrons. The van der Waals surface area contributed by atoms with E-state index in [0.717, 1.165) is 19.6 Å². The van der Waals surface area contributed by atoms with Crippen LogP contribution in [0.15, 0.2) is 0 Å². The lowest BCUT2D eigenvalue weighted by Gasteiger charge is -2.20. The Hall–Kier alpha value is -0.650. The molecular weight excluding hydrogens is 218 g/mol. The van der Waals surface area contributed by atoms with Gasteiger partial charge in [0.25, 0.3) is 0 Å². The maximum Gasteiger partial charge on any atom is 0.250 e. The Labute approximate surface area is 104 Å². The monoisotopic (exact) mass is 243 g/mol. The van der Waals surface area contributed by atoms with Gasteiger partial charge in [0.15, 0.2) is 0 Å². The number of nitrogens with one attached hydrogen (secondary N) is 1. The van der Waals surface area contributed by atoms with Crippen molar-refractivity contribution in [3.8, 4) is 0 Å². The fourth-order valence-electron chi connectivity index (χ4n) is 2.12. The lowest BCUT2D eigenvalue weighted by atomic mass is 10.2. The molecule has 1 rings (SSSR count). The van der Waals surface area contributed by atoms with E-state index in [-0.39, 0.29) is 12.5 Å². The van der Waals surface area contributed by atoms with Gasteiger partial charge in [-0.1, -0.05) is 12.8 Å². The number of carbonyl (C=O) groups is 1. The molecule has 0 saturated carbocycles. The van der Waals surface area contributed by atoms with Crippen LogP contribution in [0, 0.1) is 0 Å². The molecule has 1 aliphatic heterocycles. The zero-order valence-electron chi connectivity index (χ0n) is 10.8. The van der Waals surface area contributed by atoms with E-state index in [0.29, 0.717) is 6.54 Å². The Balaban J connectivity index is 2.15. The summed E-state index contributed by atoms with van der Waals surface area (Å²) in [5.74, 6) is -0.107. The third kappa shape index (κ3) is 5.48. The van der Waals surface area contributed by atoms with E-state index in [1.54, 1.807) is 0 Å². The number of nitrogens with two attached hydrogens (primary N) is 1. The first-order valence-electron chi connectivity index (χ1n) is 6.51. The number of ether oxygens (including phenoxy) is 1. The third-order valence-electron chi connectivity index (χ3n) is 3.22. The standard InChI is InChI=1S/C12H25N3O2/c1-17-11(10-13)12(16)14-6-9-15-7-4-2-3-5-8-15/h11H,2-10,13H2,1H3,(H,14,16). The van der Waals surface area contributed by atoms with Crippen molar-refractivity contribution in [1.82, 2.24) is 10.2 Å². The number of hydrogen-bond donors (Lipinski definition) is 2. The minimum absolute atomic E-state index is 0.107. The zero-order valence-corrected chi connectivity index (χ0v) is 10.8. The lowest BCUT2D eigenvalue weighted by molar-refractivity contribution is -0.130. The fourth-order valence-corrected chi connectivity index (χ4v) is 2.12. The minimum atomic E-state index is -0.515. The Morgan fingerprint density at radius 2 is 2.00 bits per heavy atom. The van der Waals surface area contributed by atoms with E-state index in [1.807, 2.05) is 0 Å². The molecular formula is C12H25N3O2. The van der Waals surface area contributed by atoms with Crippen LogP contribution in [-0.4, -0.2) is 56.7 Å². The summed E-state index contributed by atoms with van der Waals surface area (Å²) in [6.07, 6.45) is 4.71. The van der Waals surface area contributed by atoms with Gasteiger partial charge in [-0.15, -0.1) is 0 Å². The second kappa shape index (κ2) is 8.44. The summed E-state index contributed by atoms with van der Waals surface area (Å²) in [5, 5.41) is 2.87. The molecule has 0 bridgehead atoms. The first-order chi connectivity index (χ1) is 8.27. The molecule has 0 aliphatic carbocycles. The molecule has 1 amide bonds. The number of carbonyl (C=O) groups excluding carboxylic acids is 1. The number of methoxy groups -OCH3 is 1. The van der Waals surface area contributed by atoms with Crippen molar-refractivity contribution in [3.63, 3.8) is 0 Å². The molecule has 5 nitrogen and oxygen atoms in total. The van der Waals surface area contributed by atoms with E-state index in [2.05, 4.69) is 10.2 Å². The highest BCUT2D eigenvalue weighted by atomic mass is 16.5. The van der Waals surface area contributed by atoms with E-state index in [4.69, 9.17) is 10.5 Å². The van der Waals surface area contributed by atoms with Crippen molar-refractivity contribution in [2.24, 2.45) is 5.73 Å². The van der Waals surface area contributed by atoms with Crippen LogP contribution in [0.4, 0.5) is 0 Å². The highest BCUT2D eigenvalue weighted by Gasteiger charge is 2.15. The van der Waals surface area contributed by atoms with Crippen LogP contribution in [0.5, 0.6) is 0 Å². The molecule has 3 N–H and O–H groups in total. The average molecular weight is 243 g/mol. The van der Waals surface area contributed by atoms with Crippen LogP contribution in [-0.2, 0) is 9.53 Å². The molecule has 1 saturated heterocycles. The van der Waals surface area contributed by atoms with Crippen molar-refractivity contribution in [2.45, 2.75) is 31.8 Å². The van der Waals surface area contributed by atoms with Gasteiger partial charge in [0, 0.05) is 26.7 Å². The van der Waals surface area contributed by atoms with Crippen molar-refractivity contribution in [2.75, 3.05) is 39.8 Å². The van der Waals surface area contributed by atoms with Crippen molar-refractivity contribution >= 4 is 5.91 Å². The molecule has 100 valence electrons. The molecule has 5 heteroatoms.